The van der Waals surface area contributed by atoms with E-state index in [4.69, 9.17) is 16.0 Å². The number of rotatable bonds is 4. The molecule has 0 saturated heterocycles. The van der Waals surface area contributed by atoms with Gasteiger partial charge < -0.3 is 9.32 Å². The first-order valence-corrected chi connectivity index (χ1v) is 8.39. The van der Waals surface area contributed by atoms with Crippen LogP contribution in [0.2, 0.25) is 5.02 Å². The molecule has 0 atom stereocenters. The van der Waals surface area contributed by atoms with Gasteiger partial charge in [0.1, 0.15) is 11.5 Å². The first kappa shape index (κ1) is 15.8. The number of thiophene rings is 1. The van der Waals surface area contributed by atoms with Gasteiger partial charge in [-0.05, 0) is 48.9 Å². The maximum atomic E-state index is 12.5. The first-order chi connectivity index (χ1) is 11.0. The van der Waals surface area contributed by atoms with E-state index in [-0.39, 0.29) is 5.91 Å². The summed E-state index contributed by atoms with van der Waals surface area (Å²) in [6.45, 7) is 2.35. The van der Waals surface area contributed by atoms with Crippen molar-refractivity contribution >= 4 is 28.8 Å². The summed E-state index contributed by atoms with van der Waals surface area (Å²) in [5.74, 6) is 1.62. The van der Waals surface area contributed by atoms with Crippen LogP contribution in [0.15, 0.2) is 52.9 Å². The zero-order valence-electron chi connectivity index (χ0n) is 12.9. The third-order valence-electron chi connectivity index (χ3n) is 3.48. The summed E-state index contributed by atoms with van der Waals surface area (Å²) in [7, 11) is 1.78. The number of furan rings is 1. The smallest absolute Gasteiger partial charge is 0.264 e. The average molecular weight is 346 g/mol. The van der Waals surface area contributed by atoms with Gasteiger partial charge >= 0.3 is 0 Å². The van der Waals surface area contributed by atoms with Crippen molar-refractivity contribution in [3.8, 4) is 10.4 Å². The molecular formula is C18H16ClNO2S. The van der Waals surface area contributed by atoms with Gasteiger partial charge in [0, 0.05) is 16.9 Å². The highest BCUT2D eigenvalue weighted by Gasteiger charge is 2.16. The van der Waals surface area contributed by atoms with E-state index in [1.807, 2.05) is 55.5 Å². The zero-order valence-corrected chi connectivity index (χ0v) is 14.4. The molecule has 0 radical (unpaired) electrons. The van der Waals surface area contributed by atoms with Crippen molar-refractivity contribution in [1.29, 1.82) is 0 Å². The molecule has 0 aliphatic carbocycles. The molecule has 0 aliphatic heterocycles. The Labute approximate surface area is 144 Å². The minimum atomic E-state index is -0.00994. The highest BCUT2D eigenvalue weighted by Crippen LogP contribution is 2.29. The number of amides is 1. The lowest BCUT2D eigenvalue weighted by Crippen LogP contribution is -2.25. The summed E-state index contributed by atoms with van der Waals surface area (Å²) in [5, 5.41) is 0.704. The van der Waals surface area contributed by atoms with Gasteiger partial charge in [-0.15, -0.1) is 11.3 Å². The lowest BCUT2D eigenvalue weighted by Gasteiger charge is -2.14. The van der Waals surface area contributed by atoms with Crippen molar-refractivity contribution in [1.82, 2.24) is 4.90 Å². The van der Waals surface area contributed by atoms with Crippen LogP contribution in [0.3, 0.4) is 0 Å². The summed E-state index contributed by atoms with van der Waals surface area (Å²) in [6.07, 6.45) is 0. The van der Waals surface area contributed by atoms with Gasteiger partial charge in [0.2, 0.25) is 0 Å². The Kier molecular flexibility index (Phi) is 4.55. The van der Waals surface area contributed by atoms with Crippen molar-refractivity contribution < 1.29 is 9.21 Å². The Balaban J connectivity index is 1.74. The van der Waals surface area contributed by atoms with Gasteiger partial charge in [-0.25, -0.2) is 0 Å². The van der Waals surface area contributed by atoms with Crippen LogP contribution < -0.4 is 0 Å². The van der Waals surface area contributed by atoms with Crippen LogP contribution in [0.1, 0.15) is 21.2 Å². The second-order valence-electron chi connectivity index (χ2n) is 5.34. The maximum Gasteiger partial charge on any atom is 0.264 e. The Morgan fingerprint density at radius 3 is 2.52 bits per heavy atom. The lowest BCUT2D eigenvalue weighted by atomic mass is 10.2. The molecule has 0 N–H and O–H groups in total. The van der Waals surface area contributed by atoms with E-state index in [2.05, 4.69) is 0 Å². The van der Waals surface area contributed by atoms with Crippen LogP contribution in [0.4, 0.5) is 0 Å². The molecule has 0 spiro atoms. The van der Waals surface area contributed by atoms with E-state index in [9.17, 15) is 4.79 Å². The van der Waals surface area contributed by atoms with E-state index < -0.39 is 0 Å². The van der Waals surface area contributed by atoms with Crippen molar-refractivity contribution in [3.05, 3.63) is 70.0 Å². The number of nitrogens with zero attached hydrogens (tertiary/aromatic N) is 1. The fraction of sp³-hybridized carbons (Fsp3) is 0.167. The third kappa shape index (κ3) is 3.66. The number of aryl methyl sites for hydroxylation is 1. The minimum Gasteiger partial charge on any atom is -0.464 e. The zero-order chi connectivity index (χ0) is 16.4. The summed E-state index contributed by atoms with van der Waals surface area (Å²) >= 11 is 7.39. The normalized spacial score (nSPS) is 10.7. The minimum absolute atomic E-state index is 0.00994. The molecule has 3 aromatic rings. The molecular weight excluding hydrogens is 330 g/mol. The van der Waals surface area contributed by atoms with Gasteiger partial charge in [-0.1, -0.05) is 23.7 Å². The van der Waals surface area contributed by atoms with Crippen LogP contribution in [-0.2, 0) is 6.54 Å². The molecule has 118 valence electrons. The fourth-order valence-electron chi connectivity index (χ4n) is 2.29. The highest BCUT2D eigenvalue weighted by atomic mass is 35.5. The van der Waals surface area contributed by atoms with Crippen LogP contribution in [0, 0.1) is 6.92 Å². The molecule has 23 heavy (non-hydrogen) atoms. The molecule has 3 nitrogen and oxygen atoms in total. The molecule has 0 saturated carbocycles. The van der Waals surface area contributed by atoms with E-state index in [1.165, 1.54) is 11.3 Å². The van der Waals surface area contributed by atoms with Crippen molar-refractivity contribution in [2.75, 3.05) is 7.05 Å². The number of carbonyl (C=O) groups excluding carboxylic acids is 1. The molecule has 2 heterocycles. The number of benzene rings is 1. The fourth-order valence-corrected chi connectivity index (χ4v) is 3.42. The molecule has 2 aromatic heterocycles. The van der Waals surface area contributed by atoms with Crippen LogP contribution in [-0.4, -0.2) is 17.9 Å². The van der Waals surface area contributed by atoms with Crippen LogP contribution in [0.25, 0.3) is 10.4 Å². The first-order valence-electron chi connectivity index (χ1n) is 7.19. The Morgan fingerprint density at radius 2 is 1.87 bits per heavy atom. The summed E-state index contributed by atoms with van der Waals surface area (Å²) in [5.41, 5.74) is 1.06. The van der Waals surface area contributed by atoms with Gasteiger partial charge in [-0.3, -0.25) is 4.79 Å². The predicted molar refractivity (Wildman–Crippen MR) is 94.0 cm³/mol. The standard InChI is InChI=1S/C18H16ClNO2S/c1-12-3-8-15(22-12)11-20(2)18(21)17-10-9-16(23-17)13-4-6-14(19)7-5-13/h3-10H,11H2,1-2H3. The number of hydrogen-bond donors (Lipinski definition) is 0. The van der Waals surface area contributed by atoms with E-state index in [1.54, 1.807) is 11.9 Å². The maximum absolute atomic E-state index is 12.5. The molecule has 1 aromatic carbocycles. The SMILES string of the molecule is Cc1ccc(CN(C)C(=O)c2ccc(-c3ccc(Cl)cc3)s2)o1. The van der Waals surface area contributed by atoms with Gasteiger partial charge in [-0.2, -0.15) is 0 Å². The average Bonchev–Trinajstić information content (AvgIpc) is 3.16. The second-order valence-corrected chi connectivity index (χ2v) is 6.86. The quantitative estimate of drug-likeness (QED) is 0.647. The molecule has 0 fully saturated rings. The Hall–Kier alpha value is -2.04. The molecule has 5 heteroatoms. The monoisotopic (exact) mass is 345 g/mol. The molecule has 3 rings (SSSR count). The van der Waals surface area contributed by atoms with E-state index in [0.717, 1.165) is 22.0 Å². The molecule has 1 amide bonds. The molecule has 0 aliphatic rings. The number of carbonyl (C=O) groups is 1. The Morgan fingerprint density at radius 1 is 1.13 bits per heavy atom. The third-order valence-corrected chi connectivity index (χ3v) is 4.86. The van der Waals surface area contributed by atoms with Crippen molar-refractivity contribution in [2.45, 2.75) is 13.5 Å². The van der Waals surface area contributed by atoms with Crippen LogP contribution in [0.5, 0.6) is 0 Å². The van der Waals surface area contributed by atoms with Gasteiger partial charge in [0.05, 0.1) is 11.4 Å². The molecule has 0 unspecified atom stereocenters. The van der Waals surface area contributed by atoms with Crippen LogP contribution >= 0.6 is 22.9 Å². The van der Waals surface area contributed by atoms with E-state index in [0.29, 0.717) is 16.4 Å². The summed E-state index contributed by atoms with van der Waals surface area (Å²) < 4.78 is 5.52. The summed E-state index contributed by atoms with van der Waals surface area (Å²) in [6, 6.07) is 15.2. The van der Waals surface area contributed by atoms with Gasteiger partial charge in [0.25, 0.3) is 5.91 Å². The highest BCUT2D eigenvalue weighted by molar-refractivity contribution is 7.17. The summed E-state index contributed by atoms with van der Waals surface area (Å²) in [4.78, 5) is 15.9. The number of hydrogen-bond acceptors (Lipinski definition) is 3. The van der Waals surface area contributed by atoms with Crippen molar-refractivity contribution in [2.24, 2.45) is 0 Å². The predicted octanol–water partition coefficient (Wildman–Crippen LogP) is 5.24. The molecule has 0 bridgehead atoms. The van der Waals surface area contributed by atoms with Gasteiger partial charge in [0.15, 0.2) is 0 Å². The Bertz CT molecular complexity index is 820. The largest absolute Gasteiger partial charge is 0.464 e. The second kappa shape index (κ2) is 6.60. The number of halogens is 1. The van der Waals surface area contributed by atoms with E-state index >= 15 is 0 Å². The van der Waals surface area contributed by atoms with Crippen molar-refractivity contribution in [3.63, 3.8) is 0 Å². The lowest BCUT2D eigenvalue weighted by molar-refractivity contribution is 0.0780. The topological polar surface area (TPSA) is 33.5 Å².